The SMILES string of the molecule is CCOC(=O)C(=N)C1(O)CCCC1. The highest BCUT2D eigenvalue weighted by Gasteiger charge is 2.39. The molecule has 0 atom stereocenters. The lowest BCUT2D eigenvalue weighted by Crippen LogP contribution is -2.40. The number of rotatable bonds is 3. The van der Waals surface area contributed by atoms with Gasteiger partial charge in [-0.1, -0.05) is 12.8 Å². The maximum Gasteiger partial charge on any atom is 0.354 e. The molecule has 0 aromatic heterocycles. The van der Waals surface area contributed by atoms with Crippen molar-refractivity contribution >= 4 is 11.7 Å². The van der Waals surface area contributed by atoms with Crippen molar-refractivity contribution in [2.24, 2.45) is 0 Å². The van der Waals surface area contributed by atoms with Crippen LogP contribution in [0.2, 0.25) is 0 Å². The van der Waals surface area contributed by atoms with E-state index in [2.05, 4.69) is 4.74 Å². The minimum Gasteiger partial charge on any atom is -0.461 e. The maximum absolute atomic E-state index is 11.1. The lowest BCUT2D eigenvalue weighted by atomic mass is 9.96. The second kappa shape index (κ2) is 3.87. The molecule has 1 aliphatic carbocycles. The molecule has 1 fully saturated rings. The normalized spacial score (nSPS) is 19.8. The van der Waals surface area contributed by atoms with Crippen LogP contribution in [0, 0.1) is 5.41 Å². The summed E-state index contributed by atoms with van der Waals surface area (Å²) >= 11 is 0. The molecule has 0 aromatic rings. The van der Waals surface area contributed by atoms with Gasteiger partial charge in [-0.25, -0.2) is 4.79 Å². The van der Waals surface area contributed by atoms with Crippen LogP contribution in [-0.4, -0.2) is 29.0 Å². The fraction of sp³-hybridized carbons (Fsp3) is 0.778. The molecule has 0 aromatic carbocycles. The Morgan fingerprint density at radius 3 is 2.54 bits per heavy atom. The Balaban J connectivity index is 2.60. The molecule has 1 aliphatic rings. The molecule has 13 heavy (non-hydrogen) atoms. The largest absolute Gasteiger partial charge is 0.461 e. The van der Waals surface area contributed by atoms with E-state index in [4.69, 9.17) is 5.41 Å². The van der Waals surface area contributed by atoms with E-state index in [1.165, 1.54) is 0 Å². The third-order valence-corrected chi connectivity index (χ3v) is 2.38. The monoisotopic (exact) mass is 185 g/mol. The Kier molecular flexibility index (Phi) is 3.03. The maximum atomic E-state index is 11.1. The van der Waals surface area contributed by atoms with Crippen LogP contribution in [0.25, 0.3) is 0 Å². The lowest BCUT2D eigenvalue weighted by molar-refractivity contribution is -0.136. The molecule has 0 aliphatic heterocycles. The first kappa shape index (κ1) is 10.2. The Morgan fingerprint density at radius 1 is 1.54 bits per heavy atom. The summed E-state index contributed by atoms with van der Waals surface area (Å²) in [5.74, 6) is -0.688. The standard InChI is InChI=1S/C9H15NO3/c1-2-13-8(11)7(10)9(12)5-3-4-6-9/h10,12H,2-6H2,1H3. The zero-order chi connectivity index (χ0) is 9.90. The Hall–Kier alpha value is -0.900. The van der Waals surface area contributed by atoms with Crippen LogP contribution < -0.4 is 0 Å². The van der Waals surface area contributed by atoms with Crippen molar-refractivity contribution in [3.8, 4) is 0 Å². The zero-order valence-corrected chi connectivity index (χ0v) is 7.80. The van der Waals surface area contributed by atoms with Gasteiger partial charge in [-0.15, -0.1) is 0 Å². The van der Waals surface area contributed by atoms with E-state index in [0.29, 0.717) is 12.8 Å². The molecular formula is C9H15NO3. The van der Waals surface area contributed by atoms with E-state index in [1.54, 1.807) is 6.92 Å². The van der Waals surface area contributed by atoms with Gasteiger partial charge < -0.3 is 9.84 Å². The predicted octanol–water partition coefficient (Wildman–Crippen LogP) is 0.874. The van der Waals surface area contributed by atoms with Gasteiger partial charge in [0, 0.05) is 0 Å². The molecule has 74 valence electrons. The number of ether oxygens (including phenoxy) is 1. The minimum atomic E-state index is -1.22. The second-order valence-electron chi connectivity index (χ2n) is 3.33. The van der Waals surface area contributed by atoms with Crippen molar-refractivity contribution < 1.29 is 14.6 Å². The van der Waals surface area contributed by atoms with Crippen molar-refractivity contribution in [1.82, 2.24) is 0 Å². The quantitative estimate of drug-likeness (QED) is 0.506. The van der Waals surface area contributed by atoms with Crippen molar-refractivity contribution in [3.05, 3.63) is 0 Å². The molecule has 0 spiro atoms. The molecule has 0 saturated heterocycles. The van der Waals surface area contributed by atoms with E-state index < -0.39 is 11.6 Å². The van der Waals surface area contributed by atoms with Crippen molar-refractivity contribution in [1.29, 1.82) is 5.41 Å². The van der Waals surface area contributed by atoms with Crippen molar-refractivity contribution in [2.75, 3.05) is 6.61 Å². The summed E-state index contributed by atoms with van der Waals surface area (Å²) in [5, 5.41) is 17.3. The number of hydrogen-bond acceptors (Lipinski definition) is 4. The first-order valence-corrected chi connectivity index (χ1v) is 4.58. The number of hydrogen-bond donors (Lipinski definition) is 2. The molecule has 0 amide bonds. The van der Waals surface area contributed by atoms with Gasteiger partial charge in [0.25, 0.3) is 0 Å². The topological polar surface area (TPSA) is 70.4 Å². The third kappa shape index (κ3) is 2.06. The van der Waals surface area contributed by atoms with Crippen LogP contribution in [0.1, 0.15) is 32.6 Å². The van der Waals surface area contributed by atoms with Crippen molar-refractivity contribution in [3.63, 3.8) is 0 Å². The van der Waals surface area contributed by atoms with Crippen LogP contribution in [0.3, 0.4) is 0 Å². The van der Waals surface area contributed by atoms with E-state index in [1.807, 2.05) is 0 Å². The van der Waals surface area contributed by atoms with E-state index >= 15 is 0 Å². The summed E-state index contributed by atoms with van der Waals surface area (Å²) in [6, 6.07) is 0. The zero-order valence-electron chi connectivity index (χ0n) is 7.80. The van der Waals surface area contributed by atoms with Crippen LogP contribution in [0.4, 0.5) is 0 Å². The highest BCUT2D eigenvalue weighted by molar-refractivity contribution is 6.38. The Morgan fingerprint density at radius 2 is 2.08 bits per heavy atom. The number of carbonyl (C=O) groups excluding carboxylic acids is 1. The van der Waals surface area contributed by atoms with Gasteiger partial charge in [0.05, 0.1) is 6.61 Å². The highest BCUT2D eigenvalue weighted by Crippen LogP contribution is 2.30. The summed E-state index contributed by atoms with van der Waals surface area (Å²) in [6.45, 7) is 1.93. The van der Waals surface area contributed by atoms with Gasteiger partial charge in [-0.2, -0.15) is 0 Å². The second-order valence-corrected chi connectivity index (χ2v) is 3.33. The molecule has 0 radical (unpaired) electrons. The Bertz CT molecular complexity index is 219. The van der Waals surface area contributed by atoms with Gasteiger partial charge in [0.1, 0.15) is 11.3 Å². The first-order valence-electron chi connectivity index (χ1n) is 4.58. The number of esters is 1. The molecule has 2 N–H and O–H groups in total. The molecule has 0 bridgehead atoms. The molecule has 4 nitrogen and oxygen atoms in total. The van der Waals surface area contributed by atoms with Gasteiger partial charge in [0.15, 0.2) is 0 Å². The van der Waals surface area contributed by atoms with Crippen LogP contribution >= 0.6 is 0 Å². The first-order chi connectivity index (χ1) is 6.10. The number of aliphatic hydroxyl groups is 1. The number of nitrogens with one attached hydrogen (secondary N) is 1. The molecule has 1 saturated carbocycles. The minimum absolute atomic E-state index is 0.247. The van der Waals surface area contributed by atoms with Gasteiger partial charge >= 0.3 is 5.97 Å². The summed E-state index contributed by atoms with van der Waals surface area (Å²) in [4.78, 5) is 11.1. The molecule has 1 rings (SSSR count). The van der Waals surface area contributed by atoms with Crippen molar-refractivity contribution in [2.45, 2.75) is 38.2 Å². The molecule has 0 unspecified atom stereocenters. The van der Waals surface area contributed by atoms with Crippen LogP contribution in [0.5, 0.6) is 0 Å². The van der Waals surface area contributed by atoms with Crippen LogP contribution in [-0.2, 0) is 9.53 Å². The van der Waals surface area contributed by atoms with E-state index in [9.17, 15) is 9.90 Å². The van der Waals surface area contributed by atoms with E-state index in [-0.39, 0.29) is 12.3 Å². The summed E-state index contributed by atoms with van der Waals surface area (Å²) in [6.07, 6.45) is 2.76. The highest BCUT2D eigenvalue weighted by atomic mass is 16.5. The molecule has 0 heterocycles. The van der Waals surface area contributed by atoms with Gasteiger partial charge in [-0.3, -0.25) is 5.41 Å². The van der Waals surface area contributed by atoms with Gasteiger partial charge in [-0.05, 0) is 19.8 Å². The Labute approximate surface area is 77.4 Å². The fourth-order valence-electron chi connectivity index (χ4n) is 1.60. The molecular weight excluding hydrogens is 170 g/mol. The average Bonchev–Trinajstić information content (AvgIpc) is 2.52. The summed E-state index contributed by atoms with van der Waals surface area (Å²) in [5.41, 5.74) is -1.50. The van der Waals surface area contributed by atoms with Gasteiger partial charge in [0.2, 0.25) is 0 Å². The predicted molar refractivity (Wildman–Crippen MR) is 47.8 cm³/mol. The smallest absolute Gasteiger partial charge is 0.354 e. The summed E-state index contributed by atoms with van der Waals surface area (Å²) in [7, 11) is 0. The molecule has 4 heteroatoms. The average molecular weight is 185 g/mol. The van der Waals surface area contributed by atoms with Crippen LogP contribution in [0.15, 0.2) is 0 Å². The fourth-order valence-corrected chi connectivity index (χ4v) is 1.60. The summed E-state index contributed by atoms with van der Waals surface area (Å²) < 4.78 is 4.66. The lowest BCUT2D eigenvalue weighted by Gasteiger charge is -2.21. The van der Waals surface area contributed by atoms with E-state index in [0.717, 1.165) is 12.8 Å². The number of carbonyl (C=O) groups is 1. The third-order valence-electron chi connectivity index (χ3n) is 2.38.